The van der Waals surface area contributed by atoms with Crippen molar-refractivity contribution < 1.29 is 4.79 Å². The lowest BCUT2D eigenvalue weighted by Gasteiger charge is -2.06. The summed E-state index contributed by atoms with van der Waals surface area (Å²) < 4.78 is 0. The van der Waals surface area contributed by atoms with Gasteiger partial charge >= 0.3 is 0 Å². The fourth-order valence-corrected chi connectivity index (χ4v) is 3.68. The Bertz CT molecular complexity index is 1090. The van der Waals surface area contributed by atoms with Crippen LogP contribution in [0.3, 0.4) is 0 Å². The molecule has 0 saturated heterocycles. The zero-order chi connectivity index (χ0) is 18.6. The Kier molecular flexibility index (Phi) is 4.89. The van der Waals surface area contributed by atoms with E-state index in [0.717, 1.165) is 38.4 Å². The molecule has 0 unspecified atom stereocenters. The molecule has 6 heteroatoms. The quantitative estimate of drug-likeness (QED) is 0.394. The molecule has 0 fully saturated rings. The molecule has 0 atom stereocenters. The Labute approximate surface area is 161 Å². The van der Waals surface area contributed by atoms with E-state index in [4.69, 9.17) is 0 Å². The second-order valence-corrected chi connectivity index (χ2v) is 7.14. The number of H-pyrrole nitrogens is 1. The number of rotatable bonds is 5. The van der Waals surface area contributed by atoms with Crippen molar-refractivity contribution in [3.63, 3.8) is 0 Å². The molecule has 0 bridgehead atoms. The van der Waals surface area contributed by atoms with Crippen molar-refractivity contribution in [3.8, 4) is 11.1 Å². The van der Waals surface area contributed by atoms with Crippen LogP contribution < -0.4 is 5.32 Å². The van der Waals surface area contributed by atoms with Crippen LogP contribution in [0.4, 0.5) is 5.69 Å². The van der Waals surface area contributed by atoms with Gasteiger partial charge in [-0.2, -0.15) is 0 Å². The smallest absolute Gasteiger partial charge is 0.234 e. The number of fused-ring (bicyclic) bond motifs is 1. The van der Waals surface area contributed by atoms with Crippen LogP contribution in [0.1, 0.15) is 5.56 Å². The van der Waals surface area contributed by atoms with Gasteiger partial charge in [0.1, 0.15) is 16.9 Å². The lowest BCUT2D eigenvalue weighted by Crippen LogP contribution is -2.14. The van der Waals surface area contributed by atoms with Crippen molar-refractivity contribution in [3.05, 3.63) is 72.7 Å². The Morgan fingerprint density at radius 1 is 1.11 bits per heavy atom. The maximum Gasteiger partial charge on any atom is 0.234 e. The first-order valence-electron chi connectivity index (χ1n) is 8.57. The van der Waals surface area contributed by atoms with E-state index in [-0.39, 0.29) is 11.7 Å². The SMILES string of the molecule is Cc1cccc(NC(=O)CSc2ncnc3c(-c4ccccc4)c[nH]c23)c1. The van der Waals surface area contributed by atoms with Gasteiger partial charge in [-0.1, -0.05) is 54.2 Å². The van der Waals surface area contributed by atoms with E-state index in [1.165, 1.54) is 11.8 Å². The minimum Gasteiger partial charge on any atom is -0.357 e. The lowest BCUT2D eigenvalue weighted by atomic mass is 10.1. The molecule has 4 aromatic rings. The number of aromatic nitrogens is 3. The van der Waals surface area contributed by atoms with Crippen LogP contribution in [-0.4, -0.2) is 26.6 Å². The van der Waals surface area contributed by atoms with E-state index in [0.29, 0.717) is 0 Å². The topological polar surface area (TPSA) is 70.7 Å². The van der Waals surface area contributed by atoms with Crippen LogP contribution >= 0.6 is 11.8 Å². The minimum atomic E-state index is -0.0628. The van der Waals surface area contributed by atoms with E-state index < -0.39 is 0 Å². The van der Waals surface area contributed by atoms with Crippen LogP contribution in [0.25, 0.3) is 22.2 Å². The molecule has 0 aliphatic carbocycles. The molecule has 0 aliphatic rings. The number of carbonyl (C=O) groups is 1. The fourth-order valence-electron chi connectivity index (χ4n) is 2.92. The van der Waals surface area contributed by atoms with Crippen molar-refractivity contribution in [1.29, 1.82) is 0 Å². The molecule has 27 heavy (non-hydrogen) atoms. The molecular weight excluding hydrogens is 356 g/mol. The largest absolute Gasteiger partial charge is 0.357 e. The van der Waals surface area contributed by atoms with Crippen LogP contribution in [-0.2, 0) is 4.79 Å². The van der Waals surface area contributed by atoms with Crippen molar-refractivity contribution in [1.82, 2.24) is 15.0 Å². The highest BCUT2D eigenvalue weighted by Gasteiger charge is 2.13. The van der Waals surface area contributed by atoms with Gasteiger partial charge in [-0.3, -0.25) is 4.79 Å². The highest BCUT2D eigenvalue weighted by molar-refractivity contribution is 8.00. The summed E-state index contributed by atoms with van der Waals surface area (Å²) in [5, 5.41) is 3.68. The Morgan fingerprint density at radius 3 is 2.78 bits per heavy atom. The number of aromatic amines is 1. The van der Waals surface area contributed by atoms with E-state index in [1.54, 1.807) is 6.33 Å². The third-order valence-electron chi connectivity index (χ3n) is 4.16. The molecule has 0 saturated carbocycles. The van der Waals surface area contributed by atoms with Gasteiger partial charge in [0, 0.05) is 17.4 Å². The first-order chi connectivity index (χ1) is 13.2. The molecule has 0 aliphatic heterocycles. The summed E-state index contributed by atoms with van der Waals surface area (Å²) in [5.41, 5.74) is 5.75. The van der Waals surface area contributed by atoms with Crippen LogP contribution in [0.2, 0.25) is 0 Å². The predicted molar refractivity (Wildman–Crippen MR) is 110 cm³/mol. The van der Waals surface area contributed by atoms with Gasteiger partial charge in [-0.05, 0) is 30.2 Å². The molecule has 5 nitrogen and oxygen atoms in total. The summed E-state index contributed by atoms with van der Waals surface area (Å²) in [6.45, 7) is 2.00. The summed E-state index contributed by atoms with van der Waals surface area (Å²) >= 11 is 1.40. The molecule has 134 valence electrons. The minimum absolute atomic E-state index is 0.0628. The number of amides is 1. The van der Waals surface area contributed by atoms with Crippen molar-refractivity contribution in [2.75, 3.05) is 11.1 Å². The van der Waals surface area contributed by atoms with Gasteiger partial charge in [0.25, 0.3) is 0 Å². The molecule has 1 amide bonds. The molecular formula is C21H18N4OS. The van der Waals surface area contributed by atoms with Gasteiger partial charge in [0.05, 0.1) is 11.3 Å². The highest BCUT2D eigenvalue weighted by atomic mass is 32.2. The molecule has 4 rings (SSSR count). The third kappa shape index (κ3) is 3.85. The third-order valence-corrected chi connectivity index (χ3v) is 5.14. The van der Waals surface area contributed by atoms with Gasteiger partial charge in [0.15, 0.2) is 0 Å². The molecule has 0 radical (unpaired) electrons. The lowest BCUT2D eigenvalue weighted by molar-refractivity contribution is -0.113. The standard InChI is InChI=1S/C21H18N4OS/c1-14-6-5-9-16(10-14)25-18(26)12-27-21-20-19(23-13-24-21)17(11-22-20)15-7-3-2-4-8-15/h2-11,13,22H,12H2,1H3,(H,25,26). The van der Waals surface area contributed by atoms with Crippen molar-refractivity contribution in [2.24, 2.45) is 0 Å². The predicted octanol–water partition coefficient (Wildman–Crippen LogP) is 4.66. The number of carbonyl (C=O) groups excluding carboxylic acids is 1. The fraction of sp³-hybridized carbons (Fsp3) is 0.0952. The average Bonchev–Trinajstić information content (AvgIpc) is 3.12. The second kappa shape index (κ2) is 7.63. The molecule has 2 N–H and O–H groups in total. The number of hydrogen-bond acceptors (Lipinski definition) is 4. The summed E-state index contributed by atoms with van der Waals surface area (Å²) in [6, 6.07) is 17.8. The Hall–Kier alpha value is -3.12. The first-order valence-corrected chi connectivity index (χ1v) is 9.56. The summed E-state index contributed by atoms with van der Waals surface area (Å²) in [7, 11) is 0. The molecule has 2 heterocycles. The summed E-state index contributed by atoms with van der Waals surface area (Å²) in [6.07, 6.45) is 3.48. The van der Waals surface area contributed by atoms with Crippen molar-refractivity contribution in [2.45, 2.75) is 11.9 Å². The number of hydrogen-bond donors (Lipinski definition) is 2. The summed E-state index contributed by atoms with van der Waals surface area (Å²) in [4.78, 5) is 24.3. The number of anilines is 1. The Balaban J connectivity index is 1.51. The Morgan fingerprint density at radius 2 is 1.96 bits per heavy atom. The van der Waals surface area contributed by atoms with E-state index in [2.05, 4.69) is 20.3 Å². The normalized spacial score (nSPS) is 10.9. The maximum absolute atomic E-state index is 12.3. The maximum atomic E-state index is 12.3. The molecule has 2 aromatic carbocycles. The van der Waals surface area contributed by atoms with Gasteiger partial charge < -0.3 is 10.3 Å². The summed E-state index contributed by atoms with van der Waals surface area (Å²) in [5.74, 6) is 0.215. The highest BCUT2D eigenvalue weighted by Crippen LogP contribution is 2.31. The molecule has 2 aromatic heterocycles. The number of benzene rings is 2. The average molecular weight is 374 g/mol. The zero-order valence-corrected chi connectivity index (χ0v) is 15.6. The number of nitrogens with one attached hydrogen (secondary N) is 2. The van der Waals surface area contributed by atoms with Crippen LogP contribution in [0, 0.1) is 6.92 Å². The van der Waals surface area contributed by atoms with Gasteiger partial charge in [0.2, 0.25) is 5.91 Å². The zero-order valence-electron chi connectivity index (χ0n) is 14.8. The monoisotopic (exact) mass is 374 g/mol. The molecule has 0 spiro atoms. The van der Waals surface area contributed by atoms with Crippen LogP contribution in [0.5, 0.6) is 0 Å². The van der Waals surface area contributed by atoms with E-state index in [9.17, 15) is 4.79 Å². The van der Waals surface area contributed by atoms with E-state index >= 15 is 0 Å². The number of nitrogens with zero attached hydrogens (tertiary/aromatic N) is 2. The van der Waals surface area contributed by atoms with Gasteiger partial charge in [-0.25, -0.2) is 9.97 Å². The van der Waals surface area contributed by atoms with Crippen LogP contribution in [0.15, 0.2) is 72.1 Å². The second-order valence-electron chi connectivity index (χ2n) is 6.18. The number of aryl methyl sites for hydroxylation is 1. The number of thioether (sulfide) groups is 1. The van der Waals surface area contributed by atoms with Gasteiger partial charge in [-0.15, -0.1) is 0 Å². The van der Waals surface area contributed by atoms with E-state index in [1.807, 2.05) is 67.7 Å². The first kappa shape index (κ1) is 17.3. The van der Waals surface area contributed by atoms with Crippen molar-refractivity contribution >= 4 is 34.4 Å².